The van der Waals surface area contributed by atoms with Crippen LogP contribution in [0.2, 0.25) is 0 Å². The topological polar surface area (TPSA) is 66.5 Å². The summed E-state index contributed by atoms with van der Waals surface area (Å²) in [6.07, 6.45) is 5.95. The van der Waals surface area contributed by atoms with Crippen molar-refractivity contribution < 1.29 is 13.2 Å². The summed E-state index contributed by atoms with van der Waals surface area (Å²) in [6, 6.07) is -0.0495. The standard InChI is InChI=1S/C12H22N2O3S/c1-18(16,17)11-6-4-5-10(11)13-9-12(15)14-7-2-3-8-14/h10-11,13H,2-9H2,1H3. The Morgan fingerprint density at radius 2 is 1.89 bits per heavy atom. The highest BCUT2D eigenvalue weighted by Crippen LogP contribution is 2.24. The highest BCUT2D eigenvalue weighted by atomic mass is 32.2. The Hall–Kier alpha value is -0.620. The van der Waals surface area contributed by atoms with Gasteiger partial charge in [0.15, 0.2) is 9.84 Å². The van der Waals surface area contributed by atoms with E-state index in [-0.39, 0.29) is 23.7 Å². The van der Waals surface area contributed by atoms with E-state index < -0.39 is 9.84 Å². The minimum absolute atomic E-state index is 0.0495. The molecule has 2 atom stereocenters. The molecule has 0 aromatic heterocycles. The molecule has 2 aliphatic rings. The molecule has 1 saturated carbocycles. The van der Waals surface area contributed by atoms with Crippen molar-refractivity contribution >= 4 is 15.7 Å². The van der Waals surface area contributed by atoms with Crippen LogP contribution < -0.4 is 5.32 Å². The first kappa shape index (κ1) is 13.8. The zero-order valence-corrected chi connectivity index (χ0v) is 11.7. The zero-order valence-electron chi connectivity index (χ0n) is 10.9. The van der Waals surface area contributed by atoms with Gasteiger partial charge in [-0.15, -0.1) is 0 Å². The lowest BCUT2D eigenvalue weighted by Crippen LogP contribution is -2.45. The van der Waals surface area contributed by atoms with Crippen LogP contribution in [0.25, 0.3) is 0 Å². The van der Waals surface area contributed by atoms with Crippen LogP contribution >= 0.6 is 0 Å². The van der Waals surface area contributed by atoms with Crippen LogP contribution in [0.1, 0.15) is 32.1 Å². The number of nitrogens with one attached hydrogen (secondary N) is 1. The van der Waals surface area contributed by atoms with Crippen molar-refractivity contribution in [3.05, 3.63) is 0 Å². The first-order valence-corrected chi connectivity index (χ1v) is 8.64. The van der Waals surface area contributed by atoms with Crippen molar-refractivity contribution in [2.24, 2.45) is 0 Å². The van der Waals surface area contributed by atoms with Crippen molar-refractivity contribution in [1.82, 2.24) is 10.2 Å². The Kier molecular flexibility index (Phi) is 4.27. The van der Waals surface area contributed by atoms with Crippen molar-refractivity contribution in [3.63, 3.8) is 0 Å². The number of rotatable bonds is 4. The maximum atomic E-state index is 11.9. The molecule has 0 spiro atoms. The normalized spacial score (nSPS) is 28.8. The van der Waals surface area contributed by atoms with E-state index >= 15 is 0 Å². The molecule has 1 heterocycles. The molecule has 104 valence electrons. The molecule has 0 radical (unpaired) electrons. The lowest BCUT2D eigenvalue weighted by Gasteiger charge is -2.21. The van der Waals surface area contributed by atoms with Gasteiger partial charge in [-0.25, -0.2) is 8.42 Å². The van der Waals surface area contributed by atoms with Gasteiger partial charge in [0.05, 0.1) is 11.8 Å². The first-order chi connectivity index (χ1) is 8.48. The van der Waals surface area contributed by atoms with Crippen LogP contribution in [0, 0.1) is 0 Å². The summed E-state index contributed by atoms with van der Waals surface area (Å²) in [6.45, 7) is 1.97. The minimum Gasteiger partial charge on any atom is -0.342 e. The van der Waals surface area contributed by atoms with Gasteiger partial charge in [-0.05, 0) is 25.7 Å². The van der Waals surface area contributed by atoms with Gasteiger partial charge in [-0.1, -0.05) is 6.42 Å². The highest BCUT2D eigenvalue weighted by Gasteiger charge is 2.34. The van der Waals surface area contributed by atoms with Gasteiger partial charge in [0.25, 0.3) is 0 Å². The van der Waals surface area contributed by atoms with E-state index in [1.165, 1.54) is 6.26 Å². The second-order valence-electron chi connectivity index (χ2n) is 5.37. The van der Waals surface area contributed by atoms with Crippen LogP contribution in [0.5, 0.6) is 0 Å². The summed E-state index contributed by atoms with van der Waals surface area (Å²) in [5.41, 5.74) is 0. The zero-order chi connectivity index (χ0) is 13.2. The van der Waals surface area contributed by atoms with Crippen molar-refractivity contribution in [1.29, 1.82) is 0 Å². The molecule has 1 aliphatic heterocycles. The number of carbonyl (C=O) groups excluding carboxylic acids is 1. The predicted octanol–water partition coefficient (Wildman–Crippen LogP) is 0.164. The van der Waals surface area contributed by atoms with Crippen LogP contribution in [-0.4, -0.2) is 56.4 Å². The third-order valence-corrected chi connectivity index (χ3v) is 5.64. The summed E-state index contributed by atoms with van der Waals surface area (Å²) < 4.78 is 23.2. The second-order valence-corrected chi connectivity index (χ2v) is 7.64. The molecular weight excluding hydrogens is 252 g/mol. The Balaban J connectivity index is 1.84. The predicted molar refractivity (Wildman–Crippen MR) is 70.1 cm³/mol. The second kappa shape index (κ2) is 5.57. The number of likely N-dealkylation sites (tertiary alicyclic amines) is 1. The molecule has 6 heteroatoms. The van der Waals surface area contributed by atoms with Gasteiger partial charge in [0.1, 0.15) is 0 Å². The third-order valence-electron chi connectivity index (χ3n) is 3.98. The molecule has 0 bridgehead atoms. The largest absolute Gasteiger partial charge is 0.342 e. The number of amides is 1. The number of hydrogen-bond donors (Lipinski definition) is 1. The van der Waals surface area contributed by atoms with Crippen molar-refractivity contribution in [2.75, 3.05) is 25.9 Å². The third kappa shape index (κ3) is 3.23. The van der Waals surface area contributed by atoms with E-state index in [1.807, 2.05) is 4.90 Å². The molecule has 5 nitrogen and oxygen atoms in total. The van der Waals surface area contributed by atoms with Crippen molar-refractivity contribution in [3.8, 4) is 0 Å². The van der Waals surface area contributed by atoms with E-state index in [4.69, 9.17) is 0 Å². The molecule has 0 aromatic rings. The van der Waals surface area contributed by atoms with Crippen molar-refractivity contribution in [2.45, 2.75) is 43.4 Å². The smallest absolute Gasteiger partial charge is 0.236 e. The van der Waals surface area contributed by atoms with E-state index in [1.54, 1.807) is 0 Å². The van der Waals surface area contributed by atoms with Crippen LogP contribution in [0.3, 0.4) is 0 Å². The molecule has 1 saturated heterocycles. The summed E-state index contributed by atoms with van der Waals surface area (Å²) >= 11 is 0. The van der Waals surface area contributed by atoms with Crippen LogP contribution in [0.15, 0.2) is 0 Å². The number of carbonyl (C=O) groups is 1. The first-order valence-electron chi connectivity index (χ1n) is 6.68. The minimum atomic E-state index is -3.01. The lowest BCUT2D eigenvalue weighted by molar-refractivity contribution is -0.129. The Bertz CT molecular complexity index is 402. The fourth-order valence-electron chi connectivity index (χ4n) is 2.97. The van der Waals surface area contributed by atoms with Crippen LogP contribution in [-0.2, 0) is 14.6 Å². The Labute approximate surface area is 109 Å². The van der Waals surface area contributed by atoms with E-state index in [0.29, 0.717) is 6.42 Å². The van der Waals surface area contributed by atoms with E-state index in [0.717, 1.165) is 38.8 Å². The Morgan fingerprint density at radius 3 is 2.50 bits per heavy atom. The maximum absolute atomic E-state index is 11.9. The van der Waals surface area contributed by atoms with Gasteiger partial charge < -0.3 is 10.2 Å². The van der Waals surface area contributed by atoms with E-state index in [2.05, 4.69) is 5.32 Å². The average molecular weight is 274 g/mol. The monoisotopic (exact) mass is 274 g/mol. The number of sulfone groups is 1. The molecule has 1 amide bonds. The average Bonchev–Trinajstić information content (AvgIpc) is 2.95. The molecule has 2 unspecified atom stereocenters. The lowest BCUT2D eigenvalue weighted by atomic mass is 10.2. The quantitative estimate of drug-likeness (QED) is 0.793. The molecule has 18 heavy (non-hydrogen) atoms. The molecule has 0 aromatic carbocycles. The van der Waals surface area contributed by atoms with Gasteiger partial charge in [-0.3, -0.25) is 4.79 Å². The fourth-order valence-corrected chi connectivity index (χ4v) is 4.39. The van der Waals surface area contributed by atoms with Gasteiger partial charge >= 0.3 is 0 Å². The van der Waals surface area contributed by atoms with E-state index in [9.17, 15) is 13.2 Å². The molecular formula is C12H22N2O3S. The highest BCUT2D eigenvalue weighted by molar-refractivity contribution is 7.91. The summed E-state index contributed by atoms with van der Waals surface area (Å²) in [5, 5.41) is 2.83. The molecule has 1 aliphatic carbocycles. The van der Waals surface area contributed by atoms with Gasteiger partial charge in [0, 0.05) is 25.4 Å². The summed E-state index contributed by atoms with van der Waals surface area (Å²) in [7, 11) is -3.01. The van der Waals surface area contributed by atoms with Crippen LogP contribution in [0.4, 0.5) is 0 Å². The maximum Gasteiger partial charge on any atom is 0.236 e. The Morgan fingerprint density at radius 1 is 1.22 bits per heavy atom. The fraction of sp³-hybridized carbons (Fsp3) is 0.917. The summed E-state index contributed by atoms with van der Waals surface area (Å²) in [5.74, 6) is 0.103. The van der Waals surface area contributed by atoms with Gasteiger partial charge in [-0.2, -0.15) is 0 Å². The summed E-state index contributed by atoms with van der Waals surface area (Å²) in [4.78, 5) is 13.7. The molecule has 1 N–H and O–H groups in total. The number of nitrogens with zero attached hydrogens (tertiary/aromatic N) is 1. The molecule has 2 rings (SSSR count). The van der Waals surface area contributed by atoms with Gasteiger partial charge in [0.2, 0.25) is 5.91 Å². The SMILES string of the molecule is CS(=O)(=O)C1CCCC1NCC(=O)N1CCCC1. The molecule has 2 fully saturated rings. The number of hydrogen-bond acceptors (Lipinski definition) is 4.